The maximum Gasteiger partial charge on any atom is 0.150 e. The molecule has 1 N–H and O–H groups in total. The number of fused-ring (bicyclic) bond motifs is 1. The number of ether oxygens (including phenoxy) is 3. The summed E-state index contributed by atoms with van der Waals surface area (Å²) in [7, 11) is 3.39. The fourth-order valence-corrected chi connectivity index (χ4v) is 4.57. The zero-order chi connectivity index (χ0) is 22.6. The predicted octanol–water partition coefficient (Wildman–Crippen LogP) is 6.67. The second kappa shape index (κ2) is 9.55. The van der Waals surface area contributed by atoms with Crippen LogP contribution >= 0.6 is 0 Å². The van der Waals surface area contributed by atoms with Gasteiger partial charge in [0.15, 0.2) is 0 Å². The van der Waals surface area contributed by atoms with Gasteiger partial charge >= 0.3 is 0 Å². The van der Waals surface area contributed by atoms with E-state index < -0.39 is 0 Å². The van der Waals surface area contributed by atoms with E-state index in [0.717, 1.165) is 46.7 Å². The largest absolute Gasteiger partial charge is 0.497 e. The van der Waals surface area contributed by atoms with Gasteiger partial charge in [-0.25, -0.2) is 0 Å². The van der Waals surface area contributed by atoms with E-state index in [1.807, 2.05) is 24.3 Å². The van der Waals surface area contributed by atoms with Gasteiger partial charge in [0.2, 0.25) is 0 Å². The minimum Gasteiger partial charge on any atom is -0.497 e. The van der Waals surface area contributed by atoms with Crippen molar-refractivity contribution in [2.45, 2.75) is 25.5 Å². The van der Waals surface area contributed by atoms with E-state index in [9.17, 15) is 0 Å². The summed E-state index contributed by atoms with van der Waals surface area (Å²) < 4.78 is 17.1. The van der Waals surface area contributed by atoms with E-state index in [0.29, 0.717) is 0 Å². The van der Waals surface area contributed by atoms with E-state index in [1.54, 1.807) is 14.2 Å². The van der Waals surface area contributed by atoms with E-state index in [4.69, 9.17) is 14.2 Å². The first-order valence-corrected chi connectivity index (χ1v) is 11.5. The standard InChI is InChI=1S/C29H29NO3/c1-31-23-12-9-20(10-13-23)26-15-11-21-18-24(32-2)14-16-27(21)29(26)22-6-5-7-25(19-22)33-28-8-3-4-17-30-28/h5-7,9-16,18-19,28,30H,3-4,8,17H2,1-2H3. The summed E-state index contributed by atoms with van der Waals surface area (Å²) in [4.78, 5) is 0. The second-order valence-corrected chi connectivity index (χ2v) is 8.39. The van der Waals surface area contributed by atoms with E-state index in [-0.39, 0.29) is 6.23 Å². The van der Waals surface area contributed by atoms with Crippen LogP contribution in [-0.4, -0.2) is 27.0 Å². The molecule has 0 saturated carbocycles. The Labute approximate surface area is 195 Å². The average molecular weight is 440 g/mol. The van der Waals surface area contributed by atoms with Crippen molar-refractivity contribution in [1.29, 1.82) is 0 Å². The number of hydrogen-bond donors (Lipinski definition) is 1. The lowest BCUT2D eigenvalue weighted by atomic mass is 9.89. The van der Waals surface area contributed by atoms with Crippen LogP contribution in [-0.2, 0) is 0 Å². The number of methoxy groups -OCH3 is 2. The SMILES string of the molecule is COc1ccc(-c2ccc3cc(OC)ccc3c2-c2cccc(OC3CCCCN3)c2)cc1. The van der Waals surface area contributed by atoms with E-state index in [1.165, 1.54) is 29.4 Å². The third-order valence-corrected chi connectivity index (χ3v) is 6.29. The number of nitrogens with one attached hydrogen (secondary N) is 1. The molecular formula is C29H29NO3. The van der Waals surface area contributed by atoms with Crippen molar-refractivity contribution in [2.24, 2.45) is 0 Å². The number of benzene rings is 4. The van der Waals surface area contributed by atoms with Gasteiger partial charge in [0, 0.05) is 0 Å². The van der Waals surface area contributed by atoms with Gasteiger partial charge in [0.1, 0.15) is 23.5 Å². The molecule has 1 aliphatic heterocycles. The molecule has 0 aliphatic carbocycles. The topological polar surface area (TPSA) is 39.7 Å². The predicted molar refractivity (Wildman–Crippen MR) is 134 cm³/mol. The molecule has 1 saturated heterocycles. The summed E-state index contributed by atoms with van der Waals surface area (Å²) in [5.74, 6) is 2.59. The first-order chi connectivity index (χ1) is 16.2. The number of rotatable bonds is 6. The molecule has 168 valence electrons. The van der Waals surface area contributed by atoms with Gasteiger partial charge in [-0.05, 0) is 95.2 Å². The van der Waals surface area contributed by atoms with Crippen LogP contribution in [0, 0.1) is 0 Å². The smallest absolute Gasteiger partial charge is 0.150 e. The Morgan fingerprint density at radius 2 is 1.55 bits per heavy atom. The van der Waals surface area contributed by atoms with E-state index in [2.05, 4.69) is 59.9 Å². The Kier molecular flexibility index (Phi) is 6.18. The molecule has 1 heterocycles. The maximum atomic E-state index is 6.29. The third-order valence-electron chi connectivity index (χ3n) is 6.29. The first kappa shape index (κ1) is 21.4. The van der Waals surface area contributed by atoms with Gasteiger partial charge in [-0.1, -0.05) is 42.5 Å². The lowest BCUT2D eigenvalue weighted by Crippen LogP contribution is -2.38. The quantitative estimate of drug-likeness (QED) is 0.364. The molecule has 0 bridgehead atoms. The van der Waals surface area contributed by atoms with Crippen molar-refractivity contribution < 1.29 is 14.2 Å². The van der Waals surface area contributed by atoms with Crippen LogP contribution in [0.5, 0.6) is 17.2 Å². The van der Waals surface area contributed by atoms with Crippen molar-refractivity contribution >= 4 is 10.8 Å². The monoisotopic (exact) mass is 439 g/mol. The van der Waals surface area contributed by atoms with Crippen LogP contribution in [0.2, 0.25) is 0 Å². The average Bonchev–Trinajstić information content (AvgIpc) is 2.88. The van der Waals surface area contributed by atoms with Gasteiger partial charge in [-0.2, -0.15) is 0 Å². The Morgan fingerprint density at radius 1 is 0.727 bits per heavy atom. The molecule has 5 rings (SSSR count). The highest BCUT2D eigenvalue weighted by atomic mass is 16.5. The highest BCUT2D eigenvalue weighted by molar-refractivity contribution is 6.04. The fraction of sp³-hybridized carbons (Fsp3) is 0.241. The lowest BCUT2D eigenvalue weighted by Gasteiger charge is -2.24. The highest BCUT2D eigenvalue weighted by Gasteiger charge is 2.16. The molecule has 1 unspecified atom stereocenters. The molecule has 1 fully saturated rings. The Hall–Kier alpha value is -3.50. The number of piperidine rings is 1. The van der Waals surface area contributed by atoms with Gasteiger partial charge in [0.25, 0.3) is 0 Å². The van der Waals surface area contributed by atoms with Crippen LogP contribution in [0.25, 0.3) is 33.0 Å². The number of hydrogen-bond acceptors (Lipinski definition) is 4. The Morgan fingerprint density at radius 3 is 2.30 bits per heavy atom. The van der Waals surface area contributed by atoms with Crippen LogP contribution in [0.4, 0.5) is 0 Å². The van der Waals surface area contributed by atoms with Crippen molar-refractivity contribution in [2.75, 3.05) is 20.8 Å². The molecule has 1 atom stereocenters. The zero-order valence-corrected chi connectivity index (χ0v) is 19.1. The molecule has 0 radical (unpaired) electrons. The molecule has 4 nitrogen and oxygen atoms in total. The molecule has 33 heavy (non-hydrogen) atoms. The minimum atomic E-state index is 0.0758. The molecule has 0 spiro atoms. The van der Waals surface area contributed by atoms with Gasteiger partial charge in [-0.3, -0.25) is 5.32 Å². The van der Waals surface area contributed by atoms with E-state index >= 15 is 0 Å². The zero-order valence-electron chi connectivity index (χ0n) is 19.1. The molecule has 4 aromatic carbocycles. The summed E-state index contributed by atoms with van der Waals surface area (Å²) in [6.45, 7) is 1.01. The molecule has 1 aliphatic rings. The Bertz CT molecular complexity index is 1240. The first-order valence-electron chi connectivity index (χ1n) is 11.5. The third kappa shape index (κ3) is 4.53. The summed E-state index contributed by atoms with van der Waals surface area (Å²) in [5.41, 5.74) is 4.62. The van der Waals surface area contributed by atoms with Gasteiger partial charge in [-0.15, -0.1) is 0 Å². The van der Waals surface area contributed by atoms with Crippen LogP contribution in [0.3, 0.4) is 0 Å². The summed E-state index contributed by atoms with van der Waals surface area (Å²) in [6.07, 6.45) is 3.52. The summed E-state index contributed by atoms with van der Waals surface area (Å²) in [6, 6.07) is 27.3. The van der Waals surface area contributed by atoms with Gasteiger partial charge < -0.3 is 14.2 Å². The van der Waals surface area contributed by atoms with Crippen molar-refractivity contribution in [1.82, 2.24) is 5.32 Å². The Balaban J connectivity index is 1.63. The van der Waals surface area contributed by atoms with Crippen molar-refractivity contribution in [3.8, 4) is 39.5 Å². The minimum absolute atomic E-state index is 0.0758. The normalized spacial score (nSPS) is 15.9. The van der Waals surface area contributed by atoms with Crippen LogP contribution in [0.15, 0.2) is 78.9 Å². The van der Waals surface area contributed by atoms with Crippen molar-refractivity contribution in [3.05, 3.63) is 78.9 Å². The summed E-state index contributed by atoms with van der Waals surface area (Å²) in [5, 5.41) is 5.79. The molecule has 0 aromatic heterocycles. The highest BCUT2D eigenvalue weighted by Crippen LogP contribution is 2.40. The summed E-state index contributed by atoms with van der Waals surface area (Å²) >= 11 is 0. The molecular weight excluding hydrogens is 410 g/mol. The van der Waals surface area contributed by atoms with Gasteiger partial charge in [0.05, 0.1) is 14.2 Å². The van der Waals surface area contributed by atoms with Crippen LogP contribution < -0.4 is 19.5 Å². The van der Waals surface area contributed by atoms with Crippen molar-refractivity contribution in [3.63, 3.8) is 0 Å². The molecule has 0 amide bonds. The fourth-order valence-electron chi connectivity index (χ4n) is 4.57. The lowest BCUT2D eigenvalue weighted by molar-refractivity contribution is 0.132. The van der Waals surface area contributed by atoms with Crippen LogP contribution in [0.1, 0.15) is 19.3 Å². The maximum absolute atomic E-state index is 6.29. The molecule has 4 aromatic rings. The second-order valence-electron chi connectivity index (χ2n) is 8.39. The molecule has 4 heteroatoms.